The van der Waals surface area contributed by atoms with Gasteiger partial charge < -0.3 is 5.32 Å². The molecule has 1 N–H and O–H groups in total. The Morgan fingerprint density at radius 2 is 1.95 bits per heavy atom. The van der Waals surface area contributed by atoms with E-state index in [1.807, 2.05) is 6.92 Å². The van der Waals surface area contributed by atoms with Gasteiger partial charge in [-0.1, -0.05) is 11.6 Å². The summed E-state index contributed by atoms with van der Waals surface area (Å²) in [4.78, 5) is -0.227. The topological polar surface area (TPSA) is 83.6 Å². The lowest BCUT2D eigenvalue weighted by Gasteiger charge is -2.31. The minimum absolute atomic E-state index is 0.0218. The van der Waals surface area contributed by atoms with Crippen molar-refractivity contribution >= 4 is 31.5 Å². The molecule has 0 radical (unpaired) electrons. The molecule has 0 spiro atoms. The lowest BCUT2D eigenvalue weighted by Crippen LogP contribution is -2.51. The molecular weight excluding hydrogens is 336 g/mol. The van der Waals surface area contributed by atoms with Gasteiger partial charge in [-0.3, -0.25) is 0 Å². The molecule has 9 heteroatoms. The quantitative estimate of drug-likeness (QED) is 0.866. The van der Waals surface area contributed by atoms with Crippen LogP contribution in [0.1, 0.15) is 6.92 Å². The molecule has 0 unspecified atom stereocenters. The van der Waals surface area contributed by atoms with Gasteiger partial charge in [0.1, 0.15) is 4.90 Å². The average Bonchev–Trinajstić information content (AvgIpc) is 2.37. The number of nitrogens with one attached hydrogen (secondary N) is 1. The molecule has 2 rings (SSSR count). The fourth-order valence-corrected chi connectivity index (χ4v) is 4.92. The number of rotatable bonds is 3. The number of sulfonamides is 1. The maximum absolute atomic E-state index is 12.7. The number of benzene rings is 1. The van der Waals surface area contributed by atoms with Crippen molar-refractivity contribution in [3.63, 3.8) is 0 Å². The molecule has 1 aliphatic heterocycles. The molecule has 6 nitrogen and oxygen atoms in total. The van der Waals surface area contributed by atoms with Crippen LogP contribution in [0.5, 0.6) is 0 Å². The Balaban J connectivity index is 2.49. The summed E-state index contributed by atoms with van der Waals surface area (Å²) < 4.78 is 49.8. The summed E-state index contributed by atoms with van der Waals surface area (Å²) in [6, 6.07) is 3.76. The smallest absolute Gasteiger partial charge is 0.244 e. The Hall–Kier alpha value is -0.670. The molecule has 0 saturated carbocycles. The highest BCUT2D eigenvalue weighted by atomic mass is 35.5. The monoisotopic (exact) mass is 352 g/mol. The first-order valence-electron chi connectivity index (χ1n) is 6.35. The van der Waals surface area contributed by atoms with E-state index in [4.69, 9.17) is 11.6 Å². The first-order valence-corrected chi connectivity index (χ1v) is 10.1. The van der Waals surface area contributed by atoms with Gasteiger partial charge in [0.25, 0.3) is 0 Å². The number of hydrogen-bond donors (Lipinski definition) is 1. The SMILES string of the molecule is C[C@@H]1CN(S(=O)(=O)c2cc(S(C)(=O)=O)ccc2Cl)CCN1. The zero-order chi connectivity index (χ0) is 15.8. The van der Waals surface area contributed by atoms with Crippen LogP contribution < -0.4 is 5.32 Å². The summed E-state index contributed by atoms with van der Waals surface area (Å²) in [5, 5.41) is 3.17. The second-order valence-corrected chi connectivity index (χ2v) is 9.41. The van der Waals surface area contributed by atoms with E-state index in [2.05, 4.69) is 5.32 Å². The molecule has 0 bridgehead atoms. The van der Waals surface area contributed by atoms with Crippen LogP contribution in [0.15, 0.2) is 28.0 Å². The van der Waals surface area contributed by atoms with E-state index >= 15 is 0 Å². The van der Waals surface area contributed by atoms with Crippen molar-refractivity contribution in [2.45, 2.75) is 22.8 Å². The van der Waals surface area contributed by atoms with Gasteiger partial charge >= 0.3 is 0 Å². The number of halogens is 1. The first-order chi connectivity index (χ1) is 9.62. The fraction of sp³-hybridized carbons (Fsp3) is 0.500. The Morgan fingerprint density at radius 1 is 1.29 bits per heavy atom. The van der Waals surface area contributed by atoms with Gasteiger partial charge in [-0.2, -0.15) is 4.31 Å². The Labute approximate surface area is 130 Å². The highest BCUT2D eigenvalue weighted by molar-refractivity contribution is 7.91. The molecule has 1 fully saturated rings. The zero-order valence-electron chi connectivity index (χ0n) is 11.7. The summed E-state index contributed by atoms with van der Waals surface area (Å²) >= 11 is 5.97. The average molecular weight is 353 g/mol. The maximum atomic E-state index is 12.7. The molecule has 1 aromatic carbocycles. The van der Waals surface area contributed by atoms with Crippen molar-refractivity contribution in [3.8, 4) is 0 Å². The van der Waals surface area contributed by atoms with Gasteiger partial charge in [-0.25, -0.2) is 16.8 Å². The van der Waals surface area contributed by atoms with Gasteiger partial charge in [0.05, 0.1) is 9.92 Å². The van der Waals surface area contributed by atoms with Crippen molar-refractivity contribution in [2.24, 2.45) is 0 Å². The summed E-state index contributed by atoms with van der Waals surface area (Å²) in [6.07, 6.45) is 1.03. The van der Waals surface area contributed by atoms with E-state index in [1.54, 1.807) is 0 Å². The van der Waals surface area contributed by atoms with Crippen molar-refractivity contribution in [1.82, 2.24) is 9.62 Å². The highest BCUT2D eigenvalue weighted by Crippen LogP contribution is 2.28. The third kappa shape index (κ3) is 3.57. The zero-order valence-corrected chi connectivity index (χ0v) is 14.1. The van der Waals surface area contributed by atoms with E-state index in [0.717, 1.165) is 12.3 Å². The van der Waals surface area contributed by atoms with Crippen molar-refractivity contribution < 1.29 is 16.8 Å². The van der Waals surface area contributed by atoms with E-state index in [-0.39, 0.29) is 20.9 Å². The number of sulfone groups is 1. The third-order valence-electron chi connectivity index (χ3n) is 3.28. The number of nitrogens with zero attached hydrogens (tertiary/aromatic N) is 1. The second-order valence-electron chi connectivity index (χ2n) is 5.08. The molecular formula is C12H17ClN2O4S2. The standard InChI is InChI=1S/C12H17ClN2O4S2/c1-9-8-15(6-5-14-9)21(18,19)12-7-10(20(2,16)17)3-4-11(12)13/h3-4,7,9,14H,5-6,8H2,1-2H3/t9-/m1/s1. The third-order valence-corrected chi connectivity index (χ3v) is 6.74. The first kappa shape index (κ1) is 16.7. The van der Waals surface area contributed by atoms with Crippen LogP contribution >= 0.6 is 11.6 Å². The maximum Gasteiger partial charge on any atom is 0.244 e. The van der Waals surface area contributed by atoms with E-state index in [9.17, 15) is 16.8 Å². The van der Waals surface area contributed by atoms with Crippen LogP contribution in [0.2, 0.25) is 5.02 Å². The van der Waals surface area contributed by atoms with Gasteiger partial charge in [0.15, 0.2) is 9.84 Å². The van der Waals surface area contributed by atoms with Gasteiger partial charge in [-0.05, 0) is 25.1 Å². The van der Waals surface area contributed by atoms with Gasteiger partial charge in [-0.15, -0.1) is 0 Å². The highest BCUT2D eigenvalue weighted by Gasteiger charge is 2.30. The molecule has 1 aromatic rings. The summed E-state index contributed by atoms with van der Waals surface area (Å²) in [5.41, 5.74) is 0. The molecule has 1 aliphatic rings. The minimum atomic E-state index is -3.81. The lowest BCUT2D eigenvalue weighted by molar-refractivity contribution is 0.310. The molecule has 118 valence electrons. The van der Waals surface area contributed by atoms with Crippen molar-refractivity contribution in [1.29, 1.82) is 0 Å². The largest absolute Gasteiger partial charge is 0.312 e. The molecule has 1 saturated heterocycles. The molecule has 1 heterocycles. The van der Waals surface area contributed by atoms with Crippen LogP contribution in [0, 0.1) is 0 Å². The van der Waals surface area contributed by atoms with E-state index in [0.29, 0.717) is 19.6 Å². The van der Waals surface area contributed by atoms with Gasteiger partial charge in [0.2, 0.25) is 10.0 Å². The Bertz CT molecular complexity index is 747. The van der Waals surface area contributed by atoms with Crippen LogP contribution in [-0.2, 0) is 19.9 Å². The minimum Gasteiger partial charge on any atom is -0.312 e. The Kier molecular flexibility index (Phi) is 4.65. The predicted octanol–water partition coefficient (Wildman–Crippen LogP) is 0.726. The molecule has 21 heavy (non-hydrogen) atoms. The van der Waals surface area contributed by atoms with Crippen molar-refractivity contribution in [2.75, 3.05) is 25.9 Å². The normalized spacial score (nSPS) is 21.4. The molecule has 0 amide bonds. The van der Waals surface area contributed by atoms with E-state index in [1.165, 1.54) is 16.4 Å². The fourth-order valence-electron chi connectivity index (χ4n) is 2.17. The lowest BCUT2D eigenvalue weighted by atomic mass is 10.3. The van der Waals surface area contributed by atoms with Crippen molar-refractivity contribution in [3.05, 3.63) is 23.2 Å². The summed E-state index contributed by atoms with van der Waals surface area (Å²) in [5.74, 6) is 0. The van der Waals surface area contributed by atoms with Gasteiger partial charge in [0, 0.05) is 31.9 Å². The predicted molar refractivity (Wildman–Crippen MR) is 80.8 cm³/mol. The summed E-state index contributed by atoms with van der Waals surface area (Å²) in [7, 11) is -7.31. The van der Waals surface area contributed by atoms with Crippen LogP contribution in [0.3, 0.4) is 0 Å². The molecule has 1 atom stereocenters. The molecule has 0 aromatic heterocycles. The molecule has 0 aliphatic carbocycles. The number of piperazine rings is 1. The Morgan fingerprint density at radius 3 is 2.52 bits per heavy atom. The summed E-state index contributed by atoms with van der Waals surface area (Å²) in [6.45, 7) is 3.08. The van der Waals surface area contributed by atoms with Crippen LogP contribution in [0.25, 0.3) is 0 Å². The van der Waals surface area contributed by atoms with E-state index < -0.39 is 19.9 Å². The van der Waals surface area contributed by atoms with Crippen LogP contribution in [-0.4, -0.2) is 53.1 Å². The van der Waals surface area contributed by atoms with Crippen LogP contribution in [0.4, 0.5) is 0 Å². The number of hydrogen-bond acceptors (Lipinski definition) is 5. The second kappa shape index (κ2) is 5.85.